The molecule has 0 bridgehead atoms. The average molecular weight is 333 g/mol. The van der Waals surface area contributed by atoms with Crippen molar-refractivity contribution < 1.29 is 4.79 Å². The van der Waals surface area contributed by atoms with Crippen LogP contribution in [0.15, 0.2) is 6.07 Å². The summed E-state index contributed by atoms with van der Waals surface area (Å²) >= 11 is 0. The van der Waals surface area contributed by atoms with Crippen LogP contribution in [-0.4, -0.2) is 65.2 Å². The highest BCUT2D eigenvalue weighted by atomic mass is 16.2. The number of hydrogen-bond acceptors (Lipinski definition) is 4. The summed E-state index contributed by atoms with van der Waals surface area (Å²) in [5, 5.41) is 10.2. The lowest BCUT2D eigenvalue weighted by atomic mass is 9.76. The van der Waals surface area contributed by atoms with E-state index in [1.54, 1.807) is 0 Å². The maximum atomic E-state index is 12.8. The topological polar surface area (TPSA) is 64.3 Å². The molecule has 3 rings (SSSR count). The van der Waals surface area contributed by atoms with Gasteiger partial charge >= 0.3 is 0 Å². The summed E-state index contributed by atoms with van der Waals surface area (Å²) in [6, 6.07) is 2.00. The molecule has 1 amide bonds. The van der Waals surface area contributed by atoms with Crippen molar-refractivity contribution in [2.24, 2.45) is 5.41 Å². The van der Waals surface area contributed by atoms with Crippen LogP contribution in [0.2, 0.25) is 0 Å². The lowest BCUT2D eigenvalue weighted by Crippen LogP contribution is -2.43. The number of carbonyl (C=O) groups is 1. The van der Waals surface area contributed by atoms with Crippen LogP contribution < -0.4 is 5.32 Å². The molecule has 2 aliphatic heterocycles. The van der Waals surface area contributed by atoms with Crippen molar-refractivity contribution in [3.8, 4) is 0 Å². The van der Waals surface area contributed by atoms with Crippen LogP contribution in [0.4, 0.5) is 0 Å². The zero-order valence-corrected chi connectivity index (χ0v) is 15.3. The Morgan fingerprint density at radius 1 is 1.46 bits per heavy atom. The van der Waals surface area contributed by atoms with Crippen LogP contribution in [0.5, 0.6) is 0 Å². The first-order valence-corrected chi connectivity index (χ1v) is 9.22. The van der Waals surface area contributed by atoms with Crippen molar-refractivity contribution in [2.75, 3.05) is 33.2 Å². The normalized spacial score (nSPS) is 24.5. The molecule has 2 N–H and O–H groups in total. The molecule has 2 fully saturated rings. The van der Waals surface area contributed by atoms with E-state index in [2.05, 4.69) is 39.3 Å². The van der Waals surface area contributed by atoms with E-state index in [9.17, 15) is 4.79 Å². The quantitative estimate of drug-likeness (QED) is 0.858. The van der Waals surface area contributed by atoms with Gasteiger partial charge in [0.2, 0.25) is 5.91 Å². The summed E-state index contributed by atoms with van der Waals surface area (Å²) in [7, 11) is 2.20. The van der Waals surface area contributed by atoms with Crippen molar-refractivity contribution in [1.82, 2.24) is 25.3 Å². The van der Waals surface area contributed by atoms with E-state index in [1.165, 1.54) is 12.8 Å². The average Bonchev–Trinajstić information content (AvgIpc) is 3.13. The van der Waals surface area contributed by atoms with Gasteiger partial charge in [-0.15, -0.1) is 0 Å². The molecule has 1 aromatic heterocycles. The second-order valence-corrected chi connectivity index (χ2v) is 7.75. The zero-order valence-electron chi connectivity index (χ0n) is 15.3. The molecule has 0 saturated carbocycles. The summed E-state index contributed by atoms with van der Waals surface area (Å²) in [4.78, 5) is 17.6. The molecule has 24 heavy (non-hydrogen) atoms. The van der Waals surface area contributed by atoms with Gasteiger partial charge in [-0.1, -0.05) is 6.92 Å². The number of likely N-dealkylation sites (tertiary alicyclic amines) is 2. The maximum absolute atomic E-state index is 12.8. The van der Waals surface area contributed by atoms with Crippen molar-refractivity contribution in [3.63, 3.8) is 0 Å². The third-order valence-electron chi connectivity index (χ3n) is 5.67. The fourth-order valence-electron chi connectivity index (χ4n) is 4.24. The number of hydrogen-bond donors (Lipinski definition) is 2. The SMILES string of the molecule is CCCN1CC2(CCN(C)CC2)C[C@@H]1C(=O)NCc1cc(C)[nH]n1. The van der Waals surface area contributed by atoms with Crippen LogP contribution in [0.3, 0.4) is 0 Å². The van der Waals surface area contributed by atoms with Gasteiger partial charge in [0.25, 0.3) is 0 Å². The monoisotopic (exact) mass is 333 g/mol. The van der Waals surface area contributed by atoms with Gasteiger partial charge in [-0.25, -0.2) is 0 Å². The Morgan fingerprint density at radius 3 is 2.83 bits per heavy atom. The van der Waals surface area contributed by atoms with E-state index < -0.39 is 0 Å². The molecule has 1 atom stereocenters. The third-order valence-corrected chi connectivity index (χ3v) is 5.67. The minimum Gasteiger partial charge on any atom is -0.349 e. The molecule has 1 aromatic rings. The van der Waals surface area contributed by atoms with Crippen molar-refractivity contribution in [2.45, 2.75) is 52.1 Å². The van der Waals surface area contributed by atoms with E-state index in [0.29, 0.717) is 12.0 Å². The Balaban J connectivity index is 1.62. The summed E-state index contributed by atoms with van der Waals surface area (Å²) in [6.45, 7) is 9.08. The Labute approximate surface area is 145 Å². The number of aryl methyl sites for hydroxylation is 1. The Morgan fingerprint density at radius 2 is 2.21 bits per heavy atom. The van der Waals surface area contributed by atoms with Gasteiger partial charge in [0.05, 0.1) is 18.3 Å². The van der Waals surface area contributed by atoms with Gasteiger partial charge in [0.15, 0.2) is 0 Å². The number of amides is 1. The standard InChI is InChI=1S/C18H31N5O/c1-4-7-23-13-18(5-8-22(3)9-6-18)11-16(23)17(24)19-12-15-10-14(2)20-21-15/h10,16H,4-9,11-13H2,1-3H3,(H,19,24)(H,20,21)/t16-/m1/s1. The van der Waals surface area contributed by atoms with Gasteiger partial charge < -0.3 is 10.2 Å². The highest BCUT2D eigenvalue weighted by Gasteiger charge is 2.47. The molecule has 2 aliphatic rings. The first-order valence-electron chi connectivity index (χ1n) is 9.22. The summed E-state index contributed by atoms with van der Waals surface area (Å²) in [5.74, 6) is 0.167. The Hall–Kier alpha value is -1.40. The van der Waals surface area contributed by atoms with Gasteiger partial charge in [0.1, 0.15) is 0 Å². The smallest absolute Gasteiger partial charge is 0.237 e. The summed E-state index contributed by atoms with van der Waals surface area (Å²) in [5.41, 5.74) is 2.26. The summed E-state index contributed by atoms with van der Waals surface area (Å²) in [6.07, 6.45) is 4.53. The number of piperidine rings is 1. The third kappa shape index (κ3) is 3.81. The van der Waals surface area contributed by atoms with Crippen LogP contribution in [0, 0.1) is 12.3 Å². The van der Waals surface area contributed by atoms with Gasteiger partial charge in [-0.3, -0.25) is 14.8 Å². The van der Waals surface area contributed by atoms with Crippen LogP contribution in [-0.2, 0) is 11.3 Å². The van der Waals surface area contributed by atoms with Crippen molar-refractivity contribution in [1.29, 1.82) is 0 Å². The number of H-pyrrole nitrogens is 1. The largest absolute Gasteiger partial charge is 0.349 e. The molecule has 6 heteroatoms. The highest BCUT2D eigenvalue weighted by Crippen LogP contribution is 2.43. The van der Waals surface area contributed by atoms with Crippen LogP contribution in [0.25, 0.3) is 0 Å². The molecular formula is C18H31N5O. The second kappa shape index (κ2) is 7.23. The number of aromatic nitrogens is 2. The van der Waals surface area contributed by atoms with E-state index in [0.717, 1.165) is 50.4 Å². The predicted octanol–water partition coefficient (Wildman–Crippen LogP) is 1.53. The van der Waals surface area contributed by atoms with Crippen molar-refractivity contribution >= 4 is 5.91 Å². The first-order chi connectivity index (χ1) is 11.5. The summed E-state index contributed by atoms with van der Waals surface area (Å²) < 4.78 is 0. The van der Waals surface area contributed by atoms with E-state index in [4.69, 9.17) is 0 Å². The number of carbonyl (C=O) groups excluding carboxylic acids is 1. The lowest BCUT2D eigenvalue weighted by Gasteiger charge is -2.37. The van der Waals surface area contributed by atoms with Crippen molar-refractivity contribution in [3.05, 3.63) is 17.5 Å². The minimum absolute atomic E-state index is 0.0217. The molecule has 3 heterocycles. The second-order valence-electron chi connectivity index (χ2n) is 7.75. The predicted molar refractivity (Wildman–Crippen MR) is 94.6 cm³/mol. The van der Waals surface area contributed by atoms with Gasteiger partial charge in [-0.2, -0.15) is 5.10 Å². The van der Waals surface area contributed by atoms with E-state index >= 15 is 0 Å². The van der Waals surface area contributed by atoms with Crippen LogP contribution in [0.1, 0.15) is 44.0 Å². The van der Waals surface area contributed by atoms with Crippen LogP contribution >= 0.6 is 0 Å². The van der Waals surface area contributed by atoms with Gasteiger partial charge in [0, 0.05) is 12.2 Å². The molecular weight excluding hydrogens is 302 g/mol. The fourth-order valence-corrected chi connectivity index (χ4v) is 4.24. The number of aromatic amines is 1. The molecule has 1 spiro atoms. The number of nitrogens with zero attached hydrogens (tertiary/aromatic N) is 3. The maximum Gasteiger partial charge on any atom is 0.237 e. The minimum atomic E-state index is 0.0217. The lowest BCUT2D eigenvalue weighted by molar-refractivity contribution is -0.125. The Bertz CT molecular complexity index is 562. The Kier molecular flexibility index (Phi) is 5.25. The molecule has 6 nitrogen and oxygen atoms in total. The molecule has 0 radical (unpaired) electrons. The zero-order chi connectivity index (χ0) is 17.2. The molecule has 0 aromatic carbocycles. The van der Waals surface area contributed by atoms with Gasteiger partial charge in [-0.05, 0) is 70.8 Å². The molecule has 2 saturated heterocycles. The molecule has 134 valence electrons. The highest BCUT2D eigenvalue weighted by molar-refractivity contribution is 5.82. The number of nitrogens with one attached hydrogen (secondary N) is 2. The first kappa shape index (κ1) is 17.4. The van der Waals surface area contributed by atoms with E-state index in [1.807, 2.05) is 13.0 Å². The molecule has 0 unspecified atom stereocenters. The van der Waals surface area contributed by atoms with E-state index in [-0.39, 0.29) is 11.9 Å². The molecule has 0 aliphatic carbocycles. The number of rotatable bonds is 5. The fraction of sp³-hybridized carbons (Fsp3) is 0.778.